The Morgan fingerprint density at radius 2 is 1.81 bits per heavy atom. The van der Waals surface area contributed by atoms with Crippen molar-refractivity contribution in [3.8, 4) is 5.75 Å². The van der Waals surface area contributed by atoms with Gasteiger partial charge in [0.15, 0.2) is 6.61 Å². The number of carbonyl (C=O) groups is 2. The van der Waals surface area contributed by atoms with Gasteiger partial charge in [0.2, 0.25) is 0 Å². The van der Waals surface area contributed by atoms with Gasteiger partial charge in [-0.15, -0.1) is 0 Å². The predicted octanol–water partition coefficient (Wildman–Crippen LogP) is 4.83. The maximum absolute atomic E-state index is 12.9. The molecule has 0 fully saturated rings. The van der Waals surface area contributed by atoms with Gasteiger partial charge in [-0.1, -0.05) is 24.3 Å². The fourth-order valence-electron chi connectivity index (χ4n) is 3.33. The Hall–Kier alpha value is -2.60. The molecule has 0 N–H and O–H groups in total. The van der Waals surface area contributed by atoms with Crippen LogP contribution in [-0.4, -0.2) is 30.2 Å². The van der Waals surface area contributed by atoms with Gasteiger partial charge in [0.25, 0.3) is 5.91 Å². The Balaban J connectivity index is 1.98. The van der Waals surface area contributed by atoms with E-state index in [0.29, 0.717) is 27.9 Å². The van der Waals surface area contributed by atoms with Gasteiger partial charge in [-0.05, 0) is 60.0 Å². The predicted molar refractivity (Wildman–Crippen MR) is 108 cm³/mol. The Kier molecular flexibility index (Phi) is 5.37. The quantitative estimate of drug-likeness (QED) is 0.557. The van der Waals surface area contributed by atoms with Gasteiger partial charge in [0.1, 0.15) is 5.75 Å². The summed E-state index contributed by atoms with van der Waals surface area (Å²) in [5.74, 6) is -0.0877. The first kappa shape index (κ1) is 19.2. The average molecular weight is 430 g/mol. The molecule has 3 aromatic rings. The highest BCUT2D eigenvalue weighted by Gasteiger charge is 2.23. The van der Waals surface area contributed by atoms with Crippen LogP contribution in [0.25, 0.3) is 10.9 Å². The van der Waals surface area contributed by atoms with Crippen LogP contribution in [0.4, 0.5) is 0 Å². The third kappa shape index (κ3) is 3.49. The lowest BCUT2D eigenvalue weighted by Crippen LogP contribution is -2.21. The summed E-state index contributed by atoms with van der Waals surface area (Å²) in [5.41, 5.74) is 3.64. The Bertz CT molecular complexity index is 1030. The molecule has 0 radical (unpaired) electrons. The monoisotopic (exact) mass is 429 g/mol. The normalized spacial score (nSPS) is 10.9. The molecule has 0 aliphatic rings. The van der Waals surface area contributed by atoms with Crippen LogP contribution in [0.15, 0.2) is 40.9 Å². The van der Waals surface area contributed by atoms with Crippen molar-refractivity contribution < 1.29 is 19.1 Å². The number of methoxy groups -OCH3 is 1. The first-order valence-electron chi connectivity index (χ1n) is 8.46. The molecule has 0 saturated heterocycles. The number of esters is 1. The van der Waals surface area contributed by atoms with Crippen molar-refractivity contribution in [3.05, 3.63) is 63.3 Å². The molecular formula is C21H20BrNO4. The van der Waals surface area contributed by atoms with Gasteiger partial charge >= 0.3 is 5.97 Å². The molecule has 1 heterocycles. The van der Waals surface area contributed by atoms with Gasteiger partial charge < -0.3 is 9.47 Å². The summed E-state index contributed by atoms with van der Waals surface area (Å²) in [6.07, 6.45) is 0. The molecule has 0 bridgehead atoms. The minimum atomic E-state index is -0.465. The number of rotatable bonds is 4. The van der Waals surface area contributed by atoms with E-state index in [1.807, 2.05) is 38.1 Å². The Labute approximate surface area is 166 Å². The van der Waals surface area contributed by atoms with Gasteiger partial charge in [-0.25, -0.2) is 4.79 Å². The van der Waals surface area contributed by atoms with E-state index >= 15 is 0 Å². The molecule has 0 atom stereocenters. The molecule has 27 heavy (non-hydrogen) atoms. The highest BCUT2D eigenvalue weighted by atomic mass is 79.9. The summed E-state index contributed by atoms with van der Waals surface area (Å²) in [6, 6.07) is 11.2. The minimum absolute atomic E-state index is 0.150. The molecule has 5 nitrogen and oxygen atoms in total. The van der Waals surface area contributed by atoms with Crippen LogP contribution in [0.1, 0.15) is 32.0 Å². The zero-order valence-corrected chi connectivity index (χ0v) is 17.2. The molecule has 6 heteroatoms. The van der Waals surface area contributed by atoms with Crippen molar-refractivity contribution in [2.75, 3.05) is 13.7 Å². The van der Waals surface area contributed by atoms with Crippen molar-refractivity contribution in [1.29, 1.82) is 0 Å². The Morgan fingerprint density at radius 3 is 2.48 bits per heavy atom. The second-order valence-electron chi connectivity index (χ2n) is 6.38. The lowest BCUT2D eigenvalue weighted by molar-refractivity contribution is 0.0602. The number of hydrogen-bond acceptors (Lipinski definition) is 4. The third-order valence-corrected chi connectivity index (χ3v) is 5.05. The zero-order chi connectivity index (χ0) is 19.7. The summed E-state index contributed by atoms with van der Waals surface area (Å²) >= 11 is 3.49. The zero-order valence-electron chi connectivity index (χ0n) is 15.6. The van der Waals surface area contributed by atoms with E-state index in [-0.39, 0.29) is 12.5 Å². The average Bonchev–Trinajstić information content (AvgIpc) is 2.91. The molecule has 0 saturated carbocycles. The molecule has 2 aromatic carbocycles. The van der Waals surface area contributed by atoms with Crippen molar-refractivity contribution in [3.63, 3.8) is 0 Å². The highest BCUT2D eigenvalue weighted by molar-refractivity contribution is 9.10. The number of aryl methyl sites for hydroxylation is 2. The molecule has 0 spiro atoms. The number of nitrogens with zero attached hydrogens (tertiary/aromatic N) is 1. The van der Waals surface area contributed by atoms with Crippen molar-refractivity contribution in [2.45, 2.75) is 20.8 Å². The van der Waals surface area contributed by atoms with Gasteiger partial charge in [0, 0.05) is 11.1 Å². The largest absolute Gasteiger partial charge is 0.482 e. The molecular weight excluding hydrogens is 410 g/mol. The van der Waals surface area contributed by atoms with Crippen molar-refractivity contribution in [1.82, 2.24) is 4.57 Å². The highest BCUT2D eigenvalue weighted by Crippen LogP contribution is 2.31. The summed E-state index contributed by atoms with van der Waals surface area (Å²) in [5, 5.41) is 0.683. The van der Waals surface area contributed by atoms with E-state index in [2.05, 4.69) is 15.9 Å². The van der Waals surface area contributed by atoms with Gasteiger partial charge in [-0.2, -0.15) is 0 Å². The third-order valence-electron chi connectivity index (χ3n) is 4.46. The van der Waals surface area contributed by atoms with Crippen LogP contribution in [0.5, 0.6) is 5.75 Å². The second kappa shape index (κ2) is 7.56. The van der Waals surface area contributed by atoms with E-state index < -0.39 is 5.97 Å². The number of halogens is 1. The molecule has 0 aliphatic heterocycles. The lowest BCUT2D eigenvalue weighted by atomic mass is 10.1. The number of para-hydroxylation sites is 1. The van der Waals surface area contributed by atoms with E-state index in [9.17, 15) is 9.59 Å². The molecule has 140 valence electrons. The standard InChI is InChI=1S/C21H20BrNO4/c1-12-9-13(2)20(16(22)10-12)27-11-18(24)23-14(3)19(21(25)26-4)15-7-5-6-8-17(15)23/h5-10H,11H2,1-4H3. The molecule has 0 aliphatic carbocycles. The van der Waals surface area contributed by atoms with E-state index in [1.54, 1.807) is 19.1 Å². The number of benzene rings is 2. The van der Waals surface area contributed by atoms with Crippen LogP contribution in [0.3, 0.4) is 0 Å². The second-order valence-corrected chi connectivity index (χ2v) is 7.23. The summed E-state index contributed by atoms with van der Waals surface area (Å²) in [4.78, 5) is 25.1. The number of hydrogen-bond donors (Lipinski definition) is 0. The molecule has 3 rings (SSSR count). The van der Waals surface area contributed by atoms with Gasteiger partial charge in [-0.3, -0.25) is 9.36 Å². The maximum Gasteiger partial charge on any atom is 0.340 e. The number of fused-ring (bicyclic) bond motifs is 1. The molecule has 1 aromatic heterocycles. The van der Waals surface area contributed by atoms with Crippen LogP contribution in [0.2, 0.25) is 0 Å². The molecule has 0 amide bonds. The van der Waals surface area contributed by atoms with Crippen LogP contribution in [0, 0.1) is 20.8 Å². The molecule has 0 unspecified atom stereocenters. The van der Waals surface area contributed by atoms with Crippen LogP contribution in [-0.2, 0) is 4.74 Å². The van der Waals surface area contributed by atoms with Crippen LogP contribution >= 0.6 is 15.9 Å². The summed E-state index contributed by atoms with van der Waals surface area (Å²) in [7, 11) is 1.33. The van der Waals surface area contributed by atoms with Crippen LogP contribution < -0.4 is 4.74 Å². The fraction of sp³-hybridized carbons (Fsp3) is 0.238. The number of aromatic nitrogens is 1. The lowest BCUT2D eigenvalue weighted by Gasteiger charge is -2.13. The van der Waals surface area contributed by atoms with Crippen molar-refractivity contribution in [2.24, 2.45) is 0 Å². The van der Waals surface area contributed by atoms with E-state index in [4.69, 9.17) is 9.47 Å². The van der Waals surface area contributed by atoms with Gasteiger partial charge in [0.05, 0.1) is 22.7 Å². The maximum atomic E-state index is 12.9. The minimum Gasteiger partial charge on any atom is -0.482 e. The first-order valence-corrected chi connectivity index (χ1v) is 9.25. The first-order chi connectivity index (χ1) is 12.8. The topological polar surface area (TPSA) is 57.5 Å². The Morgan fingerprint density at radius 1 is 1.11 bits per heavy atom. The fourth-order valence-corrected chi connectivity index (χ4v) is 4.12. The number of ether oxygens (including phenoxy) is 2. The smallest absolute Gasteiger partial charge is 0.340 e. The van der Waals surface area contributed by atoms with E-state index in [1.165, 1.54) is 11.7 Å². The van der Waals surface area contributed by atoms with Crippen molar-refractivity contribution >= 4 is 38.7 Å². The number of carbonyl (C=O) groups excluding carboxylic acids is 2. The summed E-state index contributed by atoms with van der Waals surface area (Å²) < 4.78 is 13.0. The summed E-state index contributed by atoms with van der Waals surface area (Å²) in [6.45, 7) is 5.51. The SMILES string of the molecule is COC(=O)c1c(C)n(C(=O)COc2c(C)cc(C)cc2Br)c2ccccc12. The van der Waals surface area contributed by atoms with E-state index in [0.717, 1.165) is 15.6 Å².